The molecule has 18 heavy (non-hydrogen) atoms. The molecule has 1 aromatic carbocycles. The lowest BCUT2D eigenvalue weighted by Crippen LogP contribution is -2.13. The molecular weight excluding hydrogens is 367 g/mol. The largest absolute Gasteiger partial charge is 0.361 e. The van der Waals surface area contributed by atoms with Crippen LogP contribution in [-0.2, 0) is 0 Å². The fraction of sp³-hybridized carbons (Fsp3) is 0.167. The highest BCUT2D eigenvalue weighted by atomic mass is 127. The Labute approximate surface area is 123 Å². The van der Waals surface area contributed by atoms with Gasteiger partial charge >= 0.3 is 0 Å². The third-order valence-corrected chi connectivity index (χ3v) is 3.98. The Bertz CT molecular complexity index is 591. The highest BCUT2D eigenvalue weighted by Crippen LogP contribution is 2.23. The lowest BCUT2D eigenvalue weighted by molar-refractivity contribution is 0.102. The zero-order valence-corrected chi connectivity index (χ0v) is 12.7. The molecule has 0 aliphatic rings. The number of aromatic nitrogens is 1. The molecule has 1 amide bonds. The van der Waals surface area contributed by atoms with Crippen LogP contribution in [0.25, 0.3) is 0 Å². The van der Waals surface area contributed by atoms with Crippen molar-refractivity contribution in [1.82, 2.24) is 5.16 Å². The van der Waals surface area contributed by atoms with Crippen LogP contribution in [0.2, 0.25) is 5.02 Å². The number of benzene rings is 1. The molecule has 0 unspecified atom stereocenters. The molecule has 0 spiro atoms. The predicted molar refractivity (Wildman–Crippen MR) is 78.1 cm³/mol. The second kappa shape index (κ2) is 5.27. The summed E-state index contributed by atoms with van der Waals surface area (Å²) in [5.41, 5.74) is 1.74. The van der Waals surface area contributed by atoms with Crippen LogP contribution in [0.1, 0.15) is 21.8 Å². The third-order valence-electron chi connectivity index (χ3n) is 2.44. The van der Waals surface area contributed by atoms with Gasteiger partial charge in [0, 0.05) is 9.26 Å². The zero-order chi connectivity index (χ0) is 13.3. The summed E-state index contributed by atoms with van der Waals surface area (Å²) in [4.78, 5) is 12.1. The number of carbonyl (C=O) groups is 1. The molecule has 94 valence electrons. The topological polar surface area (TPSA) is 55.1 Å². The van der Waals surface area contributed by atoms with Gasteiger partial charge in [0.2, 0.25) is 0 Å². The van der Waals surface area contributed by atoms with Crippen molar-refractivity contribution in [3.8, 4) is 0 Å². The van der Waals surface area contributed by atoms with Crippen LogP contribution >= 0.6 is 34.2 Å². The molecule has 0 bridgehead atoms. The van der Waals surface area contributed by atoms with Crippen molar-refractivity contribution < 1.29 is 9.32 Å². The first-order valence-electron chi connectivity index (χ1n) is 5.18. The van der Waals surface area contributed by atoms with Crippen LogP contribution in [-0.4, -0.2) is 11.1 Å². The van der Waals surface area contributed by atoms with E-state index in [1.807, 2.05) is 0 Å². The summed E-state index contributed by atoms with van der Waals surface area (Å²) in [6, 6.07) is 5.30. The Kier molecular flexibility index (Phi) is 3.91. The van der Waals surface area contributed by atoms with Crippen LogP contribution in [0.15, 0.2) is 22.7 Å². The van der Waals surface area contributed by atoms with E-state index in [9.17, 15) is 4.79 Å². The highest BCUT2D eigenvalue weighted by Gasteiger charge is 2.17. The molecule has 1 aromatic heterocycles. The van der Waals surface area contributed by atoms with Gasteiger partial charge in [-0.1, -0.05) is 16.8 Å². The predicted octanol–water partition coefficient (Wildman–Crippen LogP) is 3.80. The first-order valence-corrected chi connectivity index (χ1v) is 6.64. The van der Waals surface area contributed by atoms with Crippen LogP contribution in [0.4, 0.5) is 5.69 Å². The Morgan fingerprint density at radius 1 is 1.44 bits per heavy atom. The van der Waals surface area contributed by atoms with E-state index in [2.05, 4.69) is 33.1 Å². The molecule has 1 N–H and O–H groups in total. The van der Waals surface area contributed by atoms with Crippen LogP contribution in [0, 0.1) is 17.4 Å². The van der Waals surface area contributed by atoms with E-state index in [0.717, 1.165) is 3.57 Å². The van der Waals surface area contributed by atoms with Gasteiger partial charge in [0.1, 0.15) is 11.3 Å². The van der Waals surface area contributed by atoms with Gasteiger partial charge in [-0.3, -0.25) is 4.79 Å². The van der Waals surface area contributed by atoms with Gasteiger partial charge in [0.05, 0.1) is 10.7 Å². The van der Waals surface area contributed by atoms with Crippen LogP contribution < -0.4 is 5.32 Å². The van der Waals surface area contributed by atoms with Crippen molar-refractivity contribution in [2.75, 3.05) is 5.32 Å². The number of carbonyl (C=O) groups excluding carboxylic acids is 1. The zero-order valence-electron chi connectivity index (χ0n) is 9.75. The van der Waals surface area contributed by atoms with Crippen molar-refractivity contribution in [3.63, 3.8) is 0 Å². The highest BCUT2D eigenvalue weighted by molar-refractivity contribution is 14.1. The van der Waals surface area contributed by atoms with Crippen LogP contribution in [0.5, 0.6) is 0 Å². The monoisotopic (exact) mass is 376 g/mol. The van der Waals surface area contributed by atoms with Gasteiger partial charge in [-0.15, -0.1) is 0 Å². The maximum Gasteiger partial charge on any atom is 0.261 e. The molecule has 2 aromatic rings. The SMILES string of the molecule is Cc1noc(C)c1C(=O)Nc1ccc(Cl)c(I)c1. The first-order chi connectivity index (χ1) is 8.49. The number of halogens is 2. The number of nitrogens with zero attached hydrogens (tertiary/aromatic N) is 1. The van der Waals surface area contributed by atoms with Crippen molar-refractivity contribution in [2.45, 2.75) is 13.8 Å². The molecule has 0 atom stereocenters. The van der Waals surface area contributed by atoms with E-state index in [-0.39, 0.29) is 5.91 Å². The maximum atomic E-state index is 12.1. The van der Waals surface area contributed by atoms with E-state index in [1.54, 1.807) is 32.0 Å². The molecule has 2 rings (SSSR count). The van der Waals surface area contributed by atoms with Crippen molar-refractivity contribution >= 4 is 45.8 Å². The summed E-state index contributed by atoms with van der Waals surface area (Å²) in [7, 11) is 0. The summed E-state index contributed by atoms with van der Waals surface area (Å²) >= 11 is 8.03. The maximum absolute atomic E-state index is 12.1. The molecule has 0 radical (unpaired) electrons. The lowest BCUT2D eigenvalue weighted by Gasteiger charge is -2.06. The lowest BCUT2D eigenvalue weighted by atomic mass is 10.2. The minimum Gasteiger partial charge on any atom is -0.361 e. The van der Waals surface area contributed by atoms with Gasteiger partial charge in [0.25, 0.3) is 5.91 Å². The number of aryl methyl sites for hydroxylation is 2. The summed E-state index contributed by atoms with van der Waals surface area (Å²) in [5, 5.41) is 7.20. The van der Waals surface area contributed by atoms with E-state index >= 15 is 0 Å². The summed E-state index contributed by atoms with van der Waals surface area (Å²) in [5.74, 6) is 0.276. The van der Waals surface area contributed by atoms with Gasteiger partial charge in [-0.2, -0.15) is 0 Å². The molecule has 0 saturated carbocycles. The van der Waals surface area contributed by atoms with Gasteiger partial charge in [-0.25, -0.2) is 0 Å². The second-order valence-corrected chi connectivity index (χ2v) is 5.35. The number of rotatable bonds is 2. The van der Waals surface area contributed by atoms with Crippen LogP contribution in [0.3, 0.4) is 0 Å². The van der Waals surface area contributed by atoms with Crippen molar-refractivity contribution in [3.05, 3.63) is 43.8 Å². The molecule has 4 nitrogen and oxygen atoms in total. The summed E-state index contributed by atoms with van der Waals surface area (Å²) in [6.45, 7) is 3.44. The molecule has 6 heteroatoms. The standard InChI is InChI=1S/C12H10ClIN2O2/c1-6-11(7(2)18-16-6)12(17)15-8-3-4-9(13)10(14)5-8/h3-5H,1-2H3,(H,15,17). The van der Waals surface area contributed by atoms with E-state index in [1.165, 1.54) is 0 Å². The van der Waals surface area contributed by atoms with E-state index < -0.39 is 0 Å². The normalized spacial score (nSPS) is 10.4. The minimum absolute atomic E-state index is 0.232. The van der Waals surface area contributed by atoms with Gasteiger partial charge < -0.3 is 9.84 Å². The number of hydrogen-bond donors (Lipinski definition) is 1. The summed E-state index contributed by atoms with van der Waals surface area (Å²) in [6.07, 6.45) is 0. The van der Waals surface area contributed by atoms with E-state index in [4.69, 9.17) is 16.1 Å². The Balaban J connectivity index is 2.24. The Morgan fingerprint density at radius 2 is 2.17 bits per heavy atom. The Hall–Kier alpha value is -1.08. The molecule has 0 aliphatic carbocycles. The van der Waals surface area contributed by atoms with Crippen molar-refractivity contribution in [1.29, 1.82) is 0 Å². The van der Waals surface area contributed by atoms with E-state index in [0.29, 0.717) is 27.7 Å². The third kappa shape index (κ3) is 2.67. The molecule has 0 saturated heterocycles. The fourth-order valence-electron chi connectivity index (χ4n) is 1.57. The number of hydrogen-bond acceptors (Lipinski definition) is 3. The Morgan fingerprint density at radius 3 is 2.72 bits per heavy atom. The summed E-state index contributed by atoms with van der Waals surface area (Å²) < 4.78 is 5.84. The quantitative estimate of drug-likeness (QED) is 0.811. The minimum atomic E-state index is -0.232. The fourth-order valence-corrected chi connectivity index (χ4v) is 2.21. The van der Waals surface area contributed by atoms with Gasteiger partial charge in [-0.05, 0) is 54.6 Å². The average molecular weight is 377 g/mol. The van der Waals surface area contributed by atoms with Crippen molar-refractivity contribution in [2.24, 2.45) is 0 Å². The molecular formula is C12H10ClIN2O2. The van der Waals surface area contributed by atoms with Gasteiger partial charge in [0.15, 0.2) is 0 Å². The number of amides is 1. The molecule has 0 fully saturated rings. The molecule has 1 heterocycles. The second-order valence-electron chi connectivity index (χ2n) is 3.78. The average Bonchev–Trinajstić information content (AvgIpc) is 2.64. The molecule has 0 aliphatic heterocycles. The number of anilines is 1. The number of nitrogens with one attached hydrogen (secondary N) is 1. The smallest absolute Gasteiger partial charge is 0.261 e. The first kappa shape index (κ1) is 13.4.